The van der Waals surface area contributed by atoms with Gasteiger partial charge in [0.2, 0.25) is 0 Å². The Labute approximate surface area is 204 Å². The first-order valence-electron chi connectivity index (χ1n) is 12.1. The molecule has 3 aromatic rings. The Kier molecular flexibility index (Phi) is 6.81. The first-order valence-corrected chi connectivity index (χ1v) is 12.1. The van der Waals surface area contributed by atoms with Crippen LogP contribution in [0, 0.1) is 6.92 Å². The zero-order valence-corrected chi connectivity index (χ0v) is 19.7. The Morgan fingerprint density at radius 3 is 2.91 bits per heavy atom. The van der Waals surface area contributed by atoms with E-state index in [-0.39, 0.29) is 18.5 Å². The fraction of sp³-hybridized carbons (Fsp3) is 0.370. The van der Waals surface area contributed by atoms with Crippen molar-refractivity contribution in [3.8, 4) is 5.75 Å². The minimum atomic E-state index is -0.787. The van der Waals surface area contributed by atoms with E-state index in [0.29, 0.717) is 36.1 Å². The summed E-state index contributed by atoms with van der Waals surface area (Å²) in [6.45, 7) is 2.32. The quantitative estimate of drug-likeness (QED) is 0.437. The molecule has 2 atom stereocenters. The Bertz CT molecular complexity index is 1220. The number of carbonyl (C=O) groups is 1. The molecule has 0 bridgehead atoms. The lowest BCUT2D eigenvalue weighted by Gasteiger charge is -2.27. The van der Waals surface area contributed by atoms with Crippen LogP contribution in [0.5, 0.6) is 5.75 Å². The van der Waals surface area contributed by atoms with E-state index >= 15 is 0 Å². The summed E-state index contributed by atoms with van der Waals surface area (Å²) in [6, 6.07) is 13.5. The molecule has 2 aliphatic rings. The normalized spacial score (nSPS) is 17.8. The van der Waals surface area contributed by atoms with Crippen LogP contribution in [0.3, 0.4) is 0 Å². The van der Waals surface area contributed by atoms with Gasteiger partial charge < -0.3 is 24.9 Å². The van der Waals surface area contributed by atoms with Gasteiger partial charge in [0, 0.05) is 30.1 Å². The molecule has 1 saturated carbocycles. The average molecular weight is 475 g/mol. The van der Waals surface area contributed by atoms with Crippen molar-refractivity contribution in [1.82, 2.24) is 10.3 Å². The molecular formula is C27H30N4O4. The molecule has 1 aromatic heterocycles. The average Bonchev–Trinajstić information content (AvgIpc) is 3.27. The van der Waals surface area contributed by atoms with E-state index in [1.165, 1.54) is 25.7 Å². The standard InChI is InChI=1S/C27H30N4O4/c1-17-26(35-16-30-17)15-34-23-9-8-18-12-24(28-13-20(18)11-23)25(32)14-29-27(33)19-4-2-7-22(10-19)31-21-5-3-6-21/h2,4,7-11,13,16,21,24-25,31-32H,3,5-6,12,14-15H2,1H3,(H,29,33)/t24?,25-/m1/s1. The molecule has 1 aliphatic heterocycles. The second-order valence-electron chi connectivity index (χ2n) is 9.19. The molecule has 2 heterocycles. The number of aryl methyl sites for hydroxylation is 1. The van der Waals surface area contributed by atoms with Crippen LogP contribution in [0.2, 0.25) is 0 Å². The summed E-state index contributed by atoms with van der Waals surface area (Å²) in [6.07, 6.45) is 6.56. The molecule has 1 fully saturated rings. The lowest BCUT2D eigenvalue weighted by atomic mass is 9.93. The van der Waals surface area contributed by atoms with Crippen molar-refractivity contribution in [2.75, 3.05) is 11.9 Å². The summed E-state index contributed by atoms with van der Waals surface area (Å²) in [4.78, 5) is 21.2. The Hall–Kier alpha value is -3.65. The number of fused-ring (bicyclic) bond motifs is 1. The van der Waals surface area contributed by atoms with E-state index in [2.05, 4.69) is 20.6 Å². The van der Waals surface area contributed by atoms with Crippen molar-refractivity contribution >= 4 is 17.8 Å². The maximum atomic E-state index is 12.6. The van der Waals surface area contributed by atoms with Crippen molar-refractivity contribution in [2.45, 2.75) is 57.4 Å². The van der Waals surface area contributed by atoms with E-state index in [9.17, 15) is 9.90 Å². The van der Waals surface area contributed by atoms with Gasteiger partial charge in [0.15, 0.2) is 12.2 Å². The second-order valence-corrected chi connectivity index (χ2v) is 9.19. The number of aliphatic imine (C=N–C) groups is 1. The monoisotopic (exact) mass is 474 g/mol. The van der Waals surface area contributed by atoms with Crippen LogP contribution in [-0.4, -0.2) is 46.9 Å². The Balaban J connectivity index is 1.13. The first-order chi connectivity index (χ1) is 17.0. The molecule has 0 radical (unpaired) electrons. The maximum Gasteiger partial charge on any atom is 0.251 e. The summed E-state index contributed by atoms with van der Waals surface area (Å²) in [5.41, 5.74) is 4.38. The third kappa shape index (κ3) is 5.54. The van der Waals surface area contributed by atoms with Gasteiger partial charge >= 0.3 is 0 Å². The number of aliphatic hydroxyl groups is 1. The molecule has 1 amide bonds. The van der Waals surface area contributed by atoms with E-state index in [1.54, 1.807) is 12.3 Å². The lowest BCUT2D eigenvalue weighted by molar-refractivity contribution is 0.0897. The number of hydrogen-bond acceptors (Lipinski definition) is 7. The third-order valence-electron chi connectivity index (χ3n) is 6.68. The summed E-state index contributed by atoms with van der Waals surface area (Å²) in [5, 5.41) is 17.0. The highest BCUT2D eigenvalue weighted by atomic mass is 16.5. The van der Waals surface area contributed by atoms with Crippen molar-refractivity contribution in [1.29, 1.82) is 0 Å². The van der Waals surface area contributed by atoms with Crippen LogP contribution in [0.4, 0.5) is 5.69 Å². The van der Waals surface area contributed by atoms with E-state index in [4.69, 9.17) is 9.15 Å². The number of rotatable bonds is 9. The van der Waals surface area contributed by atoms with Gasteiger partial charge in [0.1, 0.15) is 12.4 Å². The minimum absolute atomic E-state index is 0.133. The zero-order chi connectivity index (χ0) is 24.2. The van der Waals surface area contributed by atoms with Gasteiger partial charge in [0.25, 0.3) is 5.91 Å². The Morgan fingerprint density at radius 1 is 1.26 bits per heavy atom. The van der Waals surface area contributed by atoms with Gasteiger partial charge in [-0.3, -0.25) is 9.79 Å². The van der Waals surface area contributed by atoms with Crippen LogP contribution in [0.15, 0.2) is 58.3 Å². The highest BCUT2D eigenvalue weighted by molar-refractivity contribution is 5.95. The van der Waals surface area contributed by atoms with Gasteiger partial charge in [-0.2, -0.15) is 0 Å². The molecule has 3 N–H and O–H groups in total. The van der Waals surface area contributed by atoms with Crippen molar-refractivity contribution in [3.63, 3.8) is 0 Å². The third-order valence-corrected chi connectivity index (χ3v) is 6.68. The predicted molar refractivity (Wildman–Crippen MR) is 133 cm³/mol. The molecule has 8 heteroatoms. The van der Waals surface area contributed by atoms with E-state index in [0.717, 1.165) is 22.5 Å². The van der Waals surface area contributed by atoms with Crippen molar-refractivity contribution in [3.05, 3.63) is 77.0 Å². The fourth-order valence-corrected chi connectivity index (χ4v) is 4.25. The highest BCUT2D eigenvalue weighted by Gasteiger charge is 2.24. The molecule has 1 aliphatic carbocycles. The van der Waals surface area contributed by atoms with Crippen LogP contribution in [-0.2, 0) is 13.0 Å². The number of ether oxygens (including phenoxy) is 1. The van der Waals surface area contributed by atoms with Gasteiger partial charge in [-0.05, 0) is 74.1 Å². The van der Waals surface area contributed by atoms with Gasteiger partial charge in [-0.1, -0.05) is 12.1 Å². The molecule has 35 heavy (non-hydrogen) atoms. The molecule has 1 unspecified atom stereocenters. The molecule has 8 nitrogen and oxygen atoms in total. The largest absolute Gasteiger partial charge is 0.486 e. The van der Waals surface area contributed by atoms with E-state index in [1.807, 2.05) is 43.3 Å². The SMILES string of the molecule is Cc1ncoc1COc1ccc2c(c1)C=NC([C@H](O)CNC(=O)c1cccc(NC3CCC3)c1)C2. The van der Waals surface area contributed by atoms with Crippen molar-refractivity contribution in [2.24, 2.45) is 4.99 Å². The van der Waals surface area contributed by atoms with Crippen molar-refractivity contribution < 1.29 is 19.1 Å². The van der Waals surface area contributed by atoms with Gasteiger partial charge in [-0.25, -0.2) is 4.98 Å². The highest BCUT2D eigenvalue weighted by Crippen LogP contribution is 2.25. The summed E-state index contributed by atoms with van der Waals surface area (Å²) in [5.74, 6) is 1.21. The van der Waals surface area contributed by atoms with Crippen LogP contribution in [0.25, 0.3) is 0 Å². The molecule has 2 aromatic carbocycles. The van der Waals surface area contributed by atoms with Crippen LogP contribution in [0.1, 0.15) is 52.2 Å². The number of carbonyl (C=O) groups excluding carboxylic acids is 1. The summed E-state index contributed by atoms with van der Waals surface area (Å²) >= 11 is 0. The number of benzene rings is 2. The number of anilines is 1. The summed E-state index contributed by atoms with van der Waals surface area (Å²) in [7, 11) is 0. The summed E-state index contributed by atoms with van der Waals surface area (Å²) < 4.78 is 11.1. The number of aromatic nitrogens is 1. The number of nitrogens with zero attached hydrogens (tertiary/aromatic N) is 2. The zero-order valence-electron chi connectivity index (χ0n) is 19.7. The van der Waals surface area contributed by atoms with Gasteiger partial charge in [0.05, 0.1) is 17.8 Å². The fourth-order valence-electron chi connectivity index (χ4n) is 4.25. The number of nitrogens with one attached hydrogen (secondary N) is 2. The molecule has 5 rings (SSSR count). The van der Waals surface area contributed by atoms with Gasteiger partial charge in [-0.15, -0.1) is 0 Å². The number of amides is 1. The Morgan fingerprint density at radius 2 is 2.14 bits per heavy atom. The maximum absolute atomic E-state index is 12.6. The number of oxazole rings is 1. The first kappa shape index (κ1) is 23.1. The number of aliphatic hydroxyl groups excluding tert-OH is 1. The van der Waals surface area contributed by atoms with Crippen LogP contribution < -0.4 is 15.4 Å². The molecule has 0 saturated heterocycles. The molecule has 182 valence electrons. The van der Waals surface area contributed by atoms with E-state index < -0.39 is 6.10 Å². The van der Waals surface area contributed by atoms with Crippen LogP contribution >= 0.6 is 0 Å². The lowest BCUT2D eigenvalue weighted by Crippen LogP contribution is -2.40. The molecule has 0 spiro atoms. The topological polar surface area (TPSA) is 109 Å². The molecular weight excluding hydrogens is 444 g/mol. The smallest absolute Gasteiger partial charge is 0.251 e. The minimum Gasteiger partial charge on any atom is -0.486 e. The number of hydrogen-bond donors (Lipinski definition) is 3. The second kappa shape index (κ2) is 10.3. The predicted octanol–water partition coefficient (Wildman–Crippen LogP) is 3.66.